The van der Waals surface area contributed by atoms with Crippen LogP contribution in [0.15, 0.2) is 11.1 Å². The van der Waals surface area contributed by atoms with Gasteiger partial charge in [-0.1, -0.05) is 0 Å². The molecule has 0 aromatic carbocycles. The molecule has 3 N–H and O–H groups in total. The van der Waals surface area contributed by atoms with E-state index in [9.17, 15) is 16.8 Å². The van der Waals surface area contributed by atoms with Crippen LogP contribution in [0.1, 0.15) is 0 Å². The second-order valence-electron chi connectivity index (χ2n) is 2.93. The van der Waals surface area contributed by atoms with Crippen LogP contribution < -0.4 is 9.86 Å². The van der Waals surface area contributed by atoms with Crippen molar-refractivity contribution < 1.29 is 16.8 Å². The lowest BCUT2D eigenvalue weighted by Crippen LogP contribution is -2.16. The molecule has 0 unspecified atom stereocenters. The zero-order valence-corrected chi connectivity index (χ0v) is 9.63. The van der Waals surface area contributed by atoms with Crippen LogP contribution in [0.4, 0.5) is 5.82 Å². The van der Waals surface area contributed by atoms with Gasteiger partial charge in [0, 0.05) is 13.2 Å². The molecule has 0 saturated heterocycles. The van der Waals surface area contributed by atoms with Gasteiger partial charge in [0.05, 0.1) is 6.26 Å². The largest absolute Gasteiger partial charge is 0.272 e. The Morgan fingerprint density at radius 1 is 1.40 bits per heavy atom. The van der Waals surface area contributed by atoms with Gasteiger partial charge in [-0.2, -0.15) is 5.10 Å². The highest BCUT2D eigenvalue weighted by molar-refractivity contribution is 7.92. The summed E-state index contributed by atoms with van der Waals surface area (Å²) in [5.74, 6) is -0.303. The van der Waals surface area contributed by atoms with Crippen molar-refractivity contribution in [2.75, 3.05) is 11.0 Å². The van der Waals surface area contributed by atoms with Crippen molar-refractivity contribution in [2.45, 2.75) is 4.90 Å². The molecular formula is C5H10N4O4S2. The molecule has 1 aromatic rings. The molecule has 1 heterocycles. The summed E-state index contributed by atoms with van der Waals surface area (Å²) < 4.78 is 47.0. The van der Waals surface area contributed by atoms with Crippen molar-refractivity contribution in [1.29, 1.82) is 0 Å². The second kappa shape index (κ2) is 3.47. The second-order valence-corrected chi connectivity index (χ2v) is 6.21. The van der Waals surface area contributed by atoms with E-state index in [1.807, 2.05) is 4.72 Å². The summed E-state index contributed by atoms with van der Waals surface area (Å²) in [4.78, 5) is -0.365. The quantitative estimate of drug-likeness (QED) is 0.675. The summed E-state index contributed by atoms with van der Waals surface area (Å²) >= 11 is 0. The van der Waals surface area contributed by atoms with Gasteiger partial charge in [-0.25, -0.2) is 22.0 Å². The number of nitrogens with zero attached hydrogens (tertiary/aromatic N) is 2. The predicted molar refractivity (Wildman–Crippen MR) is 53.0 cm³/mol. The van der Waals surface area contributed by atoms with E-state index in [2.05, 4.69) is 5.10 Å². The summed E-state index contributed by atoms with van der Waals surface area (Å²) in [5.41, 5.74) is 0. The highest BCUT2D eigenvalue weighted by Crippen LogP contribution is 2.17. The topological polar surface area (TPSA) is 124 Å². The van der Waals surface area contributed by atoms with E-state index in [1.165, 1.54) is 7.05 Å². The number of hydrogen-bond acceptors (Lipinski definition) is 5. The van der Waals surface area contributed by atoms with Gasteiger partial charge in [0.25, 0.3) is 0 Å². The molecule has 0 aliphatic carbocycles. The van der Waals surface area contributed by atoms with Crippen LogP contribution in [0, 0.1) is 0 Å². The first-order valence-electron chi connectivity index (χ1n) is 3.64. The minimum atomic E-state index is -4.00. The number of primary sulfonamides is 1. The van der Waals surface area contributed by atoms with Gasteiger partial charge in [-0.15, -0.1) is 0 Å². The first-order chi connectivity index (χ1) is 6.59. The number of hydrogen-bond donors (Lipinski definition) is 2. The van der Waals surface area contributed by atoms with E-state index in [4.69, 9.17) is 5.14 Å². The van der Waals surface area contributed by atoms with Gasteiger partial charge >= 0.3 is 0 Å². The van der Waals surface area contributed by atoms with Crippen LogP contribution >= 0.6 is 0 Å². The third-order valence-electron chi connectivity index (χ3n) is 1.38. The molecule has 10 heteroatoms. The molecule has 0 saturated carbocycles. The first kappa shape index (κ1) is 11.9. The summed E-state index contributed by atoms with van der Waals surface area (Å²) in [6.45, 7) is 0. The number of rotatable bonds is 3. The first-order valence-corrected chi connectivity index (χ1v) is 7.07. The van der Waals surface area contributed by atoms with E-state index in [0.717, 1.165) is 17.1 Å². The Hall–Kier alpha value is -1.13. The van der Waals surface area contributed by atoms with Gasteiger partial charge in [0.1, 0.15) is 4.90 Å². The van der Waals surface area contributed by atoms with E-state index in [1.54, 1.807) is 0 Å². The minimum absolute atomic E-state index is 0.303. The number of aromatic nitrogens is 2. The minimum Gasteiger partial charge on any atom is -0.272 e. The fourth-order valence-electron chi connectivity index (χ4n) is 0.921. The van der Waals surface area contributed by atoms with Crippen molar-refractivity contribution in [3.8, 4) is 0 Å². The van der Waals surface area contributed by atoms with Crippen molar-refractivity contribution in [2.24, 2.45) is 12.2 Å². The molecule has 86 valence electrons. The Labute approximate surface area is 87.2 Å². The number of nitrogens with one attached hydrogen (secondary N) is 1. The van der Waals surface area contributed by atoms with Gasteiger partial charge in [0.15, 0.2) is 5.82 Å². The maximum atomic E-state index is 11.0. The Balaban J connectivity index is 3.31. The van der Waals surface area contributed by atoms with Crippen molar-refractivity contribution >= 4 is 25.9 Å². The van der Waals surface area contributed by atoms with Crippen LogP contribution in [0.3, 0.4) is 0 Å². The van der Waals surface area contributed by atoms with E-state index in [-0.39, 0.29) is 10.7 Å². The molecule has 0 spiro atoms. The Bertz CT molecular complexity index is 570. The van der Waals surface area contributed by atoms with Crippen LogP contribution in [-0.2, 0) is 27.1 Å². The van der Waals surface area contributed by atoms with Crippen molar-refractivity contribution in [1.82, 2.24) is 9.78 Å². The summed E-state index contributed by atoms with van der Waals surface area (Å²) in [7, 11) is -6.14. The summed E-state index contributed by atoms with van der Waals surface area (Å²) in [5, 5.41) is 8.50. The van der Waals surface area contributed by atoms with Crippen molar-refractivity contribution in [3.63, 3.8) is 0 Å². The SMILES string of the molecule is Cn1cc(S(N)(=O)=O)c(NS(C)(=O)=O)n1. The molecular weight excluding hydrogens is 244 g/mol. The van der Waals surface area contributed by atoms with Gasteiger partial charge < -0.3 is 0 Å². The van der Waals surface area contributed by atoms with E-state index in [0.29, 0.717) is 0 Å². The van der Waals surface area contributed by atoms with Gasteiger partial charge in [0.2, 0.25) is 20.0 Å². The molecule has 0 atom stereocenters. The number of aryl methyl sites for hydroxylation is 1. The van der Waals surface area contributed by atoms with Crippen LogP contribution in [-0.4, -0.2) is 32.9 Å². The Morgan fingerprint density at radius 3 is 2.33 bits per heavy atom. The monoisotopic (exact) mass is 254 g/mol. The average Bonchev–Trinajstić information content (AvgIpc) is 2.25. The lowest BCUT2D eigenvalue weighted by molar-refractivity contribution is 0.598. The molecule has 1 aromatic heterocycles. The summed E-state index contributed by atoms with van der Waals surface area (Å²) in [6, 6.07) is 0. The Morgan fingerprint density at radius 2 is 1.93 bits per heavy atom. The predicted octanol–water partition coefficient (Wildman–Crippen LogP) is -1.56. The third kappa shape index (κ3) is 3.18. The standard InChI is InChI=1S/C5H10N4O4S2/c1-9-3-4(15(6,12)13)5(7-9)8-14(2,10)11/h3H,1-2H3,(H,7,8)(H2,6,12,13). The molecule has 0 aliphatic rings. The van der Waals surface area contributed by atoms with E-state index >= 15 is 0 Å². The average molecular weight is 254 g/mol. The third-order valence-corrected chi connectivity index (χ3v) is 2.86. The lowest BCUT2D eigenvalue weighted by atomic mass is 10.7. The maximum absolute atomic E-state index is 11.0. The molecule has 15 heavy (non-hydrogen) atoms. The Kier molecular flexibility index (Phi) is 2.76. The highest BCUT2D eigenvalue weighted by atomic mass is 32.2. The lowest BCUT2D eigenvalue weighted by Gasteiger charge is -2.00. The molecule has 0 radical (unpaired) electrons. The van der Waals surface area contributed by atoms with E-state index < -0.39 is 20.0 Å². The van der Waals surface area contributed by atoms with Crippen LogP contribution in [0.25, 0.3) is 0 Å². The van der Waals surface area contributed by atoms with Crippen LogP contribution in [0.5, 0.6) is 0 Å². The van der Waals surface area contributed by atoms with Crippen LogP contribution in [0.2, 0.25) is 0 Å². The molecule has 1 rings (SSSR count). The zero-order chi connectivity index (χ0) is 11.9. The molecule has 8 nitrogen and oxygen atoms in total. The smallest absolute Gasteiger partial charge is 0.243 e. The molecule has 0 fully saturated rings. The fraction of sp³-hybridized carbons (Fsp3) is 0.400. The zero-order valence-electron chi connectivity index (χ0n) is 8.00. The normalized spacial score (nSPS) is 12.7. The highest BCUT2D eigenvalue weighted by Gasteiger charge is 2.20. The number of nitrogens with two attached hydrogens (primary N) is 1. The van der Waals surface area contributed by atoms with Gasteiger partial charge in [-0.05, 0) is 0 Å². The maximum Gasteiger partial charge on any atom is 0.243 e. The molecule has 0 amide bonds. The number of anilines is 1. The molecule has 0 bridgehead atoms. The van der Waals surface area contributed by atoms with Gasteiger partial charge in [-0.3, -0.25) is 9.40 Å². The summed E-state index contributed by atoms with van der Waals surface area (Å²) in [6.07, 6.45) is 2.00. The molecule has 0 aliphatic heterocycles. The number of sulfonamides is 2. The van der Waals surface area contributed by atoms with Crippen molar-refractivity contribution in [3.05, 3.63) is 6.20 Å². The fourth-order valence-corrected chi connectivity index (χ4v) is 2.15.